The van der Waals surface area contributed by atoms with Crippen molar-refractivity contribution >= 4 is 21.5 Å². The first-order valence-electron chi connectivity index (χ1n) is 5.23. The minimum atomic E-state index is 0.571. The molecule has 0 bridgehead atoms. The summed E-state index contributed by atoms with van der Waals surface area (Å²) < 4.78 is 1.25. The van der Waals surface area contributed by atoms with Crippen molar-refractivity contribution in [1.82, 2.24) is 0 Å². The zero-order valence-corrected chi connectivity index (χ0v) is 10.3. The third-order valence-corrected chi connectivity index (χ3v) is 3.52. The molecule has 2 rings (SSSR count). The van der Waals surface area contributed by atoms with E-state index >= 15 is 0 Å². The highest BCUT2D eigenvalue weighted by molar-refractivity contribution is 9.10. The fourth-order valence-electron chi connectivity index (χ4n) is 2.24. The van der Waals surface area contributed by atoms with E-state index in [0.717, 1.165) is 0 Å². The van der Waals surface area contributed by atoms with Crippen molar-refractivity contribution in [3.8, 4) is 0 Å². The minimum Gasteiger partial charge on any atom is -0.0734 e. The molecule has 14 heavy (non-hydrogen) atoms. The summed E-state index contributed by atoms with van der Waals surface area (Å²) in [5.74, 6) is 0.571. The molecule has 0 N–H and O–H groups in total. The Morgan fingerprint density at radius 2 is 2.14 bits per heavy atom. The zero-order chi connectivity index (χ0) is 10.1. The molecule has 1 heteroatoms. The van der Waals surface area contributed by atoms with E-state index in [1.807, 2.05) is 0 Å². The monoisotopic (exact) mass is 250 g/mol. The predicted molar refractivity (Wildman–Crippen MR) is 65.4 cm³/mol. The lowest BCUT2D eigenvalue weighted by Crippen LogP contribution is -1.89. The number of allylic oxidation sites excluding steroid dienone is 2. The molecular formula is C13H15Br. The normalized spacial score (nSPS) is 19.4. The molecule has 1 unspecified atom stereocenters. The smallest absolute Gasteiger partial charge is 0.0219 e. The van der Waals surface area contributed by atoms with Crippen LogP contribution in [-0.4, -0.2) is 0 Å². The van der Waals surface area contributed by atoms with Crippen molar-refractivity contribution in [3.63, 3.8) is 0 Å². The lowest BCUT2D eigenvalue weighted by molar-refractivity contribution is 0.967. The van der Waals surface area contributed by atoms with Crippen LogP contribution in [0.2, 0.25) is 0 Å². The lowest BCUT2D eigenvalue weighted by atomic mass is 10.0. The first-order chi connectivity index (χ1) is 6.74. The van der Waals surface area contributed by atoms with Gasteiger partial charge in [0.15, 0.2) is 0 Å². The average molecular weight is 251 g/mol. The van der Waals surface area contributed by atoms with E-state index in [0.29, 0.717) is 5.92 Å². The molecule has 1 aliphatic rings. The van der Waals surface area contributed by atoms with Gasteiger partial charge in [0, 0.05) is 10.4 Å². The van der Waals surface area contributed by atoms with E-state index in [9.17, 15) is 0 Å². The largest absolute Gasteiger partial charge is 0.0734 e. The van der Waals surface area contributed by atoms with E-state index < -0.39 is 0 Å². The van der Waals surface area contributed by atoms with Crippen LogP contribution in [0.15, 0.2) is 28.7 Å². The molecule has 1 aromatic carbocycles. The van der Waals surface area contributed by atoms with Crippen LogP contribution in [0.4, 0.5) is 0 Å². The summed E-state index contributed by atoms with van der Waals surface area (Å²) in [7, 11) is 0. The number of halogens is 1. The van der Waals surface area contributed by atoms with E-state index in [-0.39, 0.29) is 0 Å². The Kier molecular flexibility index (Phi) is 2.78. The van der Waals surface area contributed by atoms with Crippen LogP contribution in [0.5, 0.6) is 0 Å². The maximum Gasteiger partial charge on any atom is 0.0219 e. The van der Waals surface area contributed by atoms with Gasteiger partial charge in [0.25, 0.3) is 0 Å². The fourth-order valence-corrected chi connectivity index (χ4v) is 2.97. The average Bonchev–Trinajstić information content (AvgIpc) is 2.46. The van der Waals surface area contributed by atoms with Gasteiger partial charge in [-0.15, -0.1) is 0 Å². The SMILES string of the molecule is CCCC1=CC(C)c2c(Br)cccc21. The summed E-state index contributed by atoms with van der Waals surface area (Å²) in [5.41, 5.74) is 4.45. The maximum atomic E-state index is 3.63. The third kappa shape index (κ3) is 1.54. The van der Waals surface area contributed by atoms with Crippen molar-refractivity contribution in [2.75, 3.05) is 0 Å². The number of fused-ring (bicyclic) bond motifs is 1. The molecule has 1 aromatic rings. The number of benzene rings is 1. The summed E-state index contributed by atoms with van der Waals surface area (Å²) in [5, 5.41) is 0. The minimum absolute atomic E-state index is 0.571. The number of hydrogen-bond donors (Lipinski definition) is 0. The summed E-state index contributed by atoms with van der Waals surface area (Å²) in [4.78, 5) is 0. The van der Waals surface area contributed by atoms with Crippen LogP contribution >= 0.6 is 15.9 Å². The van der Waals surface area contributed by atoms with Crippen LogP contribution < -0.4 is 0 Å². The third-order valence-electron chi connectivity index (χ3n) is 2.82. The number of rotatable bonds is 2. The van der Waals surface area contributed by atoms with E-state index in [4.69, 9.17) is 0 Å². The van der Waals surface area contributed by atoms with Gasteiger partial charge in [0.05, 0.1) is 0 Å². The second kappa shape index (κ2) is 3.90. The highest BCUT2D eigenvalue weighted by atomic mass is 79.9. The molecule has 0 aromatic heterocycles. The fraction of sp³-hybridized carbons (Fsp3) is 0.385. The Bertz CT molecular complexity index is 377. The standard InChI is InChI=1S/C13H15Br/c1-3-5-10-8-9(2)13-11(10)6-4-7-12(13)14/h4,6-9H,3,5H2,1-2H3. The van der Waals surface area contributed by atoms with Crippen molar-refractivity contribution < 1.29 is 0 Å². The summed E-state index contributed by atoms with van der Waals surface area (Å²) in [6.07, 6.45) is 4.83. The molecular weight excluding hydrogens is 236 g/mol. The van der Waals surface area contributed by atoms with Gasteiger partial charge in [-0.2, -0.15) is 0 Å². The second-order valence-corrected chi connectivity index (χ2v) is 4.79. The molecule has 0 amide bonds. The van der Waals surface area contributed by atoms with E-state index in [2.05, 4.69) is 54.1 Å². The highest BCUT2D eigenvalue weighted by Crippen LogP contribution is 2.41. The highest BCUT2D eigenvalue weighted by Gasteiger charge is 2.21. The maximum absolute atomic E-state index is 3.63. The lowest BCUT2D eigenvalue weighted by Gasteiger charge is -2.08. The second-order valence-electron chi connectivity index (χ2n) is 3.93. The molecule has 0 aliphatic heterocycles. The van der Waals surface area contributed by atoms with Crippen LogP contribution in [0.3, 0.4) is 0 Å². The molecule has 0 saturated heterocycles. The van der Waals surface area contributed by atoms with Crippen molar-refractivity contribution in [1.29, 1.82) is 0 Å². The topological polar surface area (TPSA) is 0 Å². The zero-order valence-electron chi connectivity index (χ0n) is 8.68. The Balaban J connectivity index is 2.47. The van der Waals surface area contributed by atoms with Crippen molar-refractivity contribution in [2.24, 2.45) is 0 Å². The molecule has 1 atom stereocenters. The van der Waals surface area contributed by atoms with Crippen LogP contribution in [0, 0.1) is 0 Å². The first-order valence-corrected chi connectivity index (χ1v) is 6.02. The van der Waals surface area contributed by atoms with E-state index in [1.54, 1.807) is 0 Å². The van der Waals surface area contributed by atoms with Gasteiger partial charge in [-0.05, 0) is 29.2 Å². The Morgan fingerprint density at radius 1 is 1.36 bits per heavy atom. The summed E-state index contributed by atoms with van der Waals surface area (Å²) >= 11 is 3.63. The van der Waals surface area contributed by atoms with Gasteiger partial charge < -0.3 is 0 Å². The predicted octanol–water partition coefficient (Wildman–Crippen LogP) is 4.75. The van der Waals surface area contributed by atoms with Crippen LogP contribution in [0.25, 0.3) is 5.57 Å². The summed E-state index contributed by atoms with van der Waals surface area (Å²) in [6.45, 7) is 4.51. The van der Waals surface area contributed by atoms with Gasteiger partial charge in [-0.25, -0.2) is 0 Å². The van der Waals surface area contributed by atoms with Gasteiger partial charge >= 0.3 is 0 Å². The van der Waals surface area contributed by atoms with Crippen molar-refractivity contribution in [2.45, 2.75) is 32.6 Å². The molecule has 0 nitrogen and oxygen atoms in total. The van der Waals surface area contributed by atoms with Crippen molar-refractivity contribution in [3.05, 3.63) is 39.9 Å². The van der Waals surface area contributed by atoms with Gasteiger partial charge in [-0.1, -0.05) is 54.4 Å². The van der Waals surface area contributed by atoms with Gasteiger partial charge in [0.2, 0.25) is 0 Å². The Morgan fingerprint density at radius 3 is 2.86 bits per heavy atom. The van der Waals surface area contributed by atoms with Gasteiger partial charge in [-0.3, -0.25) is 0 Å². The Labute approximate surface area is 94.2 Å². The molecule has 74 valence electrons. The van der Waals surface area contributed by atoms with E-state index in [1.165, 1.54) is 34.0 Å². The van der Waals surface area contributed by atoms with Crippen LogP contribution in [0.1, 0.15) is 43.7 Å². The molecule has 1 aliphatic carbocycles. The molecule has 0 fully saturated rings. The quantitative estimate of drug-likeness (QED) is 0.711. The molecule has 0 heterocycles. The molecule has 0 saturated carbocycles. The van der Waals surface area contributed by atoms with Crippen LogP contribution in [-0.2, 0) is 0 Å². The molecule has 0 radical (unpaired) electrons. The Hall–Kier alpha value is -0.560. The van der Waals surface area contributed by atoms with Gasteiger partial charge in [0.1, 0.15) is 0 Å². The molecule has 0 spiro atoms. The first kappa shape index (κ1) is 9.97. The number of hydrogen-bond acceptors (Lipinski definition) is 0. The summed E-state index contributed by atoms with van der Waals surface area (Å²) in [6, 6.07) is 6.51.